The quantitative estimate of drug-likeness (QED) is 0.208. The number of rotatable bonds is 11. The molecule has 0 radical (unpaired) electrons. The van der Waals surface area contributed by atoms with Crippen LogP contribution in [-0.2, 0) is 6.42 Å². The van der Waals surface area contributed by atoms with E-state index in [1.54, 1.807) is 6.20 Å². The van der Waals surface area contributed by atoms with E-state index in [0.717, 1.165) is 18.9 Å². The lowest BCUT2D eigenvalue weighted by molar-refractivity contribution is 0.421. The van der Waals surface area contributed by atoms with Gasteiger partial charge in [0, 0.05) is 31.7 Å². The van der Waals surface area contributed by atoms with Gasteiger partial charge in [-0.05, 0) is 32.4 Å². The Hall–Kier alpha value is -1.71. The average molecular weight is 500 g/mol. The average Bonchev–Trinajstić information content (AvgIpc) is 3.15. The highest BCUT2D eigenvalue weighted by Gasteiger charge is 2.09. The van der Waals surface area contributed by atoms with Crippen molar-refractivity contribution in [2.75, 3.05) is 13.1 Å². The minimum Gasteiger partial charge on any atom is -0.357 e. The largest absolute Gasteiger partial charge is 0.357 e. The van der Waals surface area contributed by atoms with E-state index in [0.29, 0.717) is 36.4 Å². The fourth-order valence-corrected chi connectivity index (χ4v) is 2.72. The van der Waals surface area contributed by atoms with Crippen molar-refractivity contribution in [1.82, 2.24) is 25.8 Å². The second-order valence-corrected chi connectivity index (χ2v) is 6.64. The Bertz CT molecular complexity index is 676. The summed E-state index contributed by atoms with van der Waals surface area (Å²) >= 11 is 0. The Morgan fingerprint density at radius 1 is 1.21 bits per heavy atom. The molecule has 0 saturated heterocycles. The molecule has 2 heterocycles. The number of halogens is 1. The zero-order chi connectivity index (χ0) is 19.3. The summed E-state index contributed by atoms with van der Waals surface area (Å²) < 4.78 is 5.28. The number of pyridine rings is 1. The molecule has 7 nitrogen and oxygen atoms in total. The molecule has 0 fully saturated rings. The van der Waals surface area contributed by atoms with Gasteiger partial charge in [0.05, 0.1) is 0 Å². The summed E-state index contributed by atoms with van der Waals surface area (Å²) in [4.78, 5) is 13.2. The predicted molar refractivity (Wildman–Crippen MR) is 124 cm³/mol. The van der Waals surface area contributed by atoms with Crippen LogP contribution in [0.1, 0.15) is 58.7 Å². The summed E-state index contributed by atoms with van der Waals surface area (Å²) in [7, 11) is 0. The fourth-order valence-electron chi connectivity index (χ4n) is 2.72. The van der Waals surface area contributed by atoms with Gasteiger partial charge in [-0.3, -0.25) is 9.98 Å². The van der Waals surface area contributed by atoms with Crippen LogP contribution in [-0.4, -0.2) is 40.2 Å². The highest BCUT2D eigenvalue weighted by atomic mass is 127. The van der Waals surface area contributed by atoms with Crippen LogP contribution < -0.4 is 10.6 Å². The van der Waals surface area contributed by atoms with Crippen LogP contribution in [0.25, 0.3) is 11.6 Å². The maximum atomic E-state index is 5.28. The molecule has 0 bridgehead atoms. The Balaban J connectivity index is 0.00000392. The van der Waals surface area contributed by atoms with Gasteiger partial charge in [0.15, 0.2) is 11.8 Å². The second-order valence-electron chi connectivity index (χ2n) is 6.64. The van der Waals surface area contributed by atoms with Crippen molar-refractivity contribution in [2.24, 2.45) is 4.99 Å². The van der Waals surface area contributed by atoms with Crippen LogP contribution in [0.5, 0.6) is 0 Å². The topological polar surface area (TPSA) is 88.2 Å². The van der Waals surface area contributed by atoms with Crippen molar-refractivity contribution in [3.8, 4) is 11.6 Å². The molecule has 28 heavy (non-hydrogen) atoms. The zero-order valence-corrected chi connectivity index (χ0v) is 19.5. The summed E-state index contributed by atoms with van der Waals surface area (Å²) in [6.07, 6.45) is 8.62. The van der Waals surface area contributed by atoms with Gasteiger partial charge in [-0.15, -0.1) is 24.0 Å². The number of guanidine groups is 1. The van der Waals surface area contributed by atoms with Crippen molar-refractivity contribution in [1.29, 1.82) is 0 Å². The van der Waals surface area contributed by atoms with E-state index in [9.17, 15) is 0 Å². The van der Waals surface area contributed by atoms with Crippen LogP contribution in [0.3, 0.4) is 0 Å². The lowest BCUT2D eigenvalue weighted by Crippen LogP contribution is -2.42. The van der Waals surface area contributed by atoms with E-state index in [1.807, 2.05) is 18.2 Å². The normalized spacial score (nSPS) is 12.3. The summed E-state index contributed by atoms with van der Waals surface area (Å²) in [6, 6.07) is 6.01. The first-order chi connectivity index (χ1) is 13.2. The number of aromatic nitrogens is 3. The molecule has 1 atom stereocenters. The van der Waals surface area contributed by atoms with Gasteiger partial charge in [-0.25, -0.2) is 0 Å². The molecular weight excluding hydrogens is 467 g/mol. The molecule has 156 valence electrons. The molecule has 0 saturated carbocycles. The molecule has 2 aromatic rings. The number of hydrogen-bond donors (Lipinski definition) is 2. The molecule has 0 aromatic carbocycles. The number of nitrogens with one attached hydrogen (secondary N) is 2. The minimum atomic E-state index is 0. The first-order valence-corrected chi connectivity index (χ1v) is 10.0. The van der Waals surface area contributed by atoms with E-state index >= 15 is 0 Å². The maximum Gasteiger partial charge on any atom is 0.276 e. The molecule has 1 unspecified atom stereocenters. The van der Waals surface area contributed by atoms with Gasteiger partial charge in [0.25, 0.3) is 5.89 Å². The Labute approximate surface area is 185 Å². The van der Waals surface area contributed by atoms with E-state index in [4.69, 9.17) is 4.52 Å². The van der Waals surface area contributed by atoms with E-state index in [1.165, 1.54) is 25.7 Å². The van der Waals surface area contributed by atoms with E-state index in [-0.39, 0.29) is 24.0 Å². The van der Waals surface area contributed by atoms with Crippen molar-refractivity contribution < 1.29 is 4.52 Å². The summed E-state index contributed by atoms with van der Waals surface area (Å²) in [5.41, 5.74) is 0.687. The smallest absolute Gasteiger partial charge is 0.276 e. The number of aliphatic imine (C=N–C) groups is 1. The molecule has 0 amide bonds. The fraction of sp³-hybridized carbons (Fsp3) is 0.600. The van der Waals surface area contributed by atoms with Crippen LogP contribution in [0.15, 0.2) is 33.9 Å². The third-order valence-electron chi connectivity index (χ3n) is 4.18. The molecule has 8 heteroatoms. The van der Waals surface area contributed by atoms with Crippen LogP contribution in [0.4, 0.5) is 0 Å². The minimum absolute atomic E-state index is 0. The van der Waals surface area contributed by atoms with Crippen molar-refractivity contribution in [2.45, 2.75) is 65.3 Å². The molecule has 0 aliphatic rings. The molecule has 2 N–H and O–H groups in total. The number of hydrogen-bond acceptors (Lipinski definition) is 5. The molecular formula is C20H33IN6O. The van der Waals surface area contributed by atoms with Crippen molar-refractivity contribution in [3.63, 3.8) is 0 Å². The molecule has 2 aromatic heterocycles. The van der Waals surface area contributed by atoms with Crippen molar-refractivity contribution >= 4 is 29.9 Å². The molecule has 0 aliphatic heterocycles. The van der Waals surface area contributed by atoms with Gasteiger partial charge in [-0.2, -0.15) is 4.98 Å². The third kappa shape index (κ3) is 8.99. The Morgan fingerprint density at radius 2 is 2.07 bits per heavy atom. The summed E-state index contributed by atoms with van der Waals surface area (Å²) in [6.45, 7) is 7.94. The first-order valence-electron chi connectivity index (χ1n) is 10.0. The summed E-state index contributed by atoms with van der Waals surface area (Å²) in [5, 5.41) is 10.8. The van der Waals surface area contributed by atoms with Gasteiger partial charge in [0.1, 0.15) is 5.69 Å². The first kappa shape index (κ1) is 24.3. The number of nitrogens with zero attached hydrogens (tertiary/aromatic N) is 4. The SMILES string of the molecule is CCCCCCC(C)NC(=NCCc1noc(-c2ccccn2)n1)NCC.I. The van der Waals surface area contributed by atoms with E-state index in [2.05, 4.69) is 51.5 Å². The van der Waals surface area contributed by atoms with Gasteiger partial charge in [-0.1, -0.05) is 43.8 Å². The second kappa shape index (κ2) is 14.3. The monoisotopic (exact) mass is 500 g/mol. The number of unbranched alkanes of at least 4 members (excludes halogenated alkanes) is 3. The van der Waals surface area contributed by atoms with Crippen LogP contribution in [0, 0.1) is 0 Å². The third-order valence-corrected chi connectivity index (χ3v) is 4.18. The van der Waals surface area contributed by atoms with Gasteiger partial charge >= 0.3 is 0 Å². The highest BCUT2D eigenvalue weighted by molar-refractivity contribution is 14.0. The Kier molecular flexibility index (Phi) is 12.4. The molecule has 0 aliphatic carbocycles. The van der Waals surface area contributed by atoms with Gasteiger partial charge < -0.3 is 15.2 Å². The lowest BCUT2D eigenvalue weighted by Gasteiger charge is -2.17. The lowest BCUT2D eigenvalue weighted by atomic mass is 10.1. The highest BCUT2D eigenvalue weighted by Crippen LogP contribution is 2.13. The van der Waals surface area contributed by atoms with Gasteiger partial charge in [0.2, 0.25) is 0 Å². The Morgan fingerprint density at radius 3 is 2.79 bits per heavy atom. The van der Waals surface area contributed by atoms with E-state index < -0.39 is 0 Å². The standard InChI is InChI=1S/C20H32N6O.HI/c1-4-6-7-8-11-16(3)24-20(21-5-2)23-15-13-18-25-19(27-26-18)17-12-9-10-14-22-17;/h9-10,12,14,16H,4-8,11,13,15H2,1-3H3,(H2,21,23,24);1H. The van der Waals surface area contributed by atoms with Crippen LogP contribution >= 0.6 is 24.0 Å². The maximum absolute atomic E-state index is 5.28. The van der Waals surface area contributed by atoms with Crippen molar-refractivity contribution in [3.05, 3.63) is 30.2 Å². The zero-order valence-electron chi connectivity index (χ0n) is 17.1. The van der Waals surface area contributed by atoms with Crippen LogP contribution in [0.2, 0.25) is 0 Å². The summed E-state index contributed by atoms with van der Waals surface area (Å²) in [5.74, 6) is 1.93. The molecule has 2 rings (SSSR count). The predicted octanol–water partition coefficient (Wildman–Crippen LogP) is 4.21. The molecule has 0 spiro atoms.